The first-order valence-corrected chi connectivity index (χ1v) is 9.72. The van der Waals surface area contributed by atoms with Crippen molar-refractivity contribution in [2.75, 3.05) is 33.2 Å². The van der Waals surface area contributed by atoms with Gasteiger partial charge in [0.1, 0.15) is 6.04 Å². The average Bonchev–Trinajstić information content (AvgIpc) is 3.12. The Morgan fingerprint density at radius 3 is 2.55 bits per heavy atom. The highest BCUT2D eigenvalue weighted by Gasteiger charge is 2.55. The summed E-state index contributed by atoms with van der Waals surface area (Å²) in [5.41, 5.74) is 0.554. The van der Waals surface area contributed by atoms with Crippen molar-refractivity contribution in [2.45, 2.75) is 25.7 Å². The Balaban J connectivity index is 1.66. The maximum atomic E-state index is 13.0. The Bertz CT molecular complexity index is 752. The van der Waals surface area contributed by atoms with Crippen molar-refractivity contribution in [3.8, 4) is 0 Å². The number of benzene rings is 1. The van der Waals surface area contributed by atoms with Crippen LogP contribution in [0.4, 0.5) is 4.79 Å². The predicted molar refractivity (Wildman–Crippen MR) is 105 cm³/mol. The molecule has 0 saturated carbocycles. The molecule has 2 saturated heterocycles. The number of carbonyl (C=O) groups is 3. The monoisotopic (exact) mass is 404 g/mol. The molecule has 3 amide bonds. The number of amides is 3. The van der Waals surface area contributed by atoms with Crippen LogP contribution in [0.5, 0.6) is 0 Å². The average molecular weight is 404 g/mol. The predicted octanol–water partition coefficient (Wildman–Crippen LogP) is 0.0219. The molecule has 158 valence electrons. The molecular weight excluding hydrogens is 376 g/mol. The van der Waals surface area contributed by atoms with Gasteiger partial charge < -0.3 is 30.7 Å². The van der Waals surface area contributed by atoms with Crippen LogP contribution in [0, 0.1) is 11.3 Å². The molecule has 2 fully saturated rings. The van der Waals surface area contributed by atoms with Crippen LogP contribution in [-0.4, -0.2) is 73.3 Å². The van der Waals surface area contributed by atoms with Crippen molar-refractivity contribution in [1.82, 2.24) is 20.9 Å². The number of rotatable bonds is 7. The zero-order valence-electron chi connectivity index (χ0n) is 16.7. The van der Waals surface area contributed by atoms with Crippen LogP contribution in [0.25, 0.3) is 0 Å². The highest BCUT2D eigenvalue weighted by Crippen LogP contribution is 2.39. The van der Waals surface area contributed by atoms with Gasteiger partial charge in [0.05, 0.1) is 18.6 Å². The van der Waals surface area contributed by atoms with Gasteiger partial charge in [0.15, 0.2) is 0 Å². The fourth-order valence-corrected chi connectivity index (χ4v) is 3.98. The molecule has 0 radical (unpaired) electrons. The van der Waals surface area contributed by atoms with Crippen LogP contribution in [-0.2, 0) is 20.9 Å². The molecule has 3 atom stereocenters. The summed E-state index contributed by atoms with van der Waals surface area (Å²) in [6, 6.07) is 8.69. The second-order valence-corrected chi connectivity index (χ2v) is 7.78. The van der Waals surface area contributed by atoms with E-state index < -0.39 is 29.6 Å². The number of carbonyl (C=O) groups excluding carboxylic acids is 2. The summed E-state index contributed by atoms with van der Waals surface area (Å²) in [5, 5.41) is 17.8. The van der Waals surface area contributed by atoms with Crippen LogP contribution in [0.2, 0.25) is 0 Å². The highest BCUT2D eigenvalue weighted by atomic mass is 16.5. The van der Waals surface area contributed by atoms with E-state index in [0.717, 1.165) is 5.56 Å². The van der Waals surface area contributed by atoms with Gasteiger partial charge in [-0.05, 0) is 12.5 Å². The van der Waals surface area contributed by atoms with Crippen LogP contribution >= 0.6 is 0 Å². The van der Waals surface area contributed by atoms with E-state index in [1.165, 1.54) is 11.9 Å². The first-order chi connectivity index (χ1) is 13.9. The molecule has 0 unspecified atom stereocenters. The Hall–Kier alpha value is -2.65. The lowest BCUT2D eigenvalue weighted by molar-refractivity contribution is -0.137. The molecule has 0 aromatic heterocycles. The minimum absolute atomic E-state index is 0.128. The van der Waals surface area contributed by atoms with E-state index in [9.17, 15) is 19.5 Å². The molecule has 1 aromatic carbocycles. The van der Waals surface area contributed by atoms with E-state index in [0.29, 0.717) is 26.2 Å². The van der Waals surface area contributed by atoms with Crippen LogP contribution in [0.3, 0.4) is 0 Å². The first kappa shape index (κ1) is 21.1. The Kier molecular flexibility index (Phi) is 6.39. The molecule has 29 heavy (non-hydrogen) atoms. The molecule has 2 aliphatic heterocycles. The minimum atomic E-state index is -1.03. The summed E-state index contributed by atoms with van der Waals surface area (Å²) in [4.78, 5) is 38.1. The number of nitrogens with zero attached hydrogens (tertiary/aromatic N) is 1. The zero-order chi connectivity index (χ0) is 21.0. The van der Waals surface area contributed by atoms with Crippen molar-refractivity contribution in [3.05, 3.63) is 35.9 Å². The summed E-state index contributed by atoms with van der Waals surface area (Å²) >= 11 is 0. The van der Waals surface area contributed by atoms with Gasteiger partial charge in [-0.1, -0.05) is 30.3 Å². The van der Waals surface area contributed by atoms with Gasteiger partial charge in [-0.25, -0.2) is 4.79 Å². The maximum Gasteiger partial charge on any atom is 0.407 e. The third-order valence-corrected chi connectivity index (χ3v) is 5.84. The summed E-state index contributed by atoms with van der Waals surface area (Å²) in [7, 11) is 1.50. The largest absolute Gasteiger partial charge is 0.465 e. The van der Waals surface area contributed by atoms with Crippen LogP contribution in [0.1, 0.15) is 12.5 Å². The summed E-state index contributed by atoms with van der Waals surface area (Å²) in [5.74, 6) is -1.18. The van der Waals surface area contributed by atoms with Gasteiger partial charge >= 0.3 is 6.09 Å². The number of hydrogen-bond acceptors (Lipinski definition) is 5. The maximum absolute atomic E-state index is 13.0. The fourth-order valence-electron chi connectivity index (χ4n) is 3.98. The number of likely N-dealkylation sites (N-methyl/N-ethyl adjacent to an activating group) is 1. The van der Waals surface area contributed by atoms with Crippen molar-refractivity contribution in [1.29, 1.82) is 0 Å². The zero-order valence-corrected chi connectivity index (χ0v) is 16.7. The summed E-state index contributed by atoms with van der Waals surface area (Å²) < 4.78 is 5.84. The van der Waals surface area contributed by atoms with E-state index in [1.54, 1.807) is 6.92 Å². The van der Waals surface area contributed by atoms with Crippen molar-refractivity contribution in [2.24, 2.45) is 11.3 Å². The molecule has 1 spiro atoms. The number of ether oxygens (including phenoxy) is 1. The van der Waals surface area contributed by atoms with Crippen molar-refractivity contribution in [3.63, 3.8) is 0 Å². The SMILES string of the molecule is CNC(=O)[C@@H](NC(=O)[C@@H]1CN(C(=O)O)CC12CNC2)[C@@H](C)OCc1ccccc1. The quantitative estimate of drug-likeness (QED) is 0.509. The summed E-state index contributed by atoms with van der Waals surface area (Å²) in [6.45, 7) is 3.66. The number of nitrogens with one attached hydrogen (secondary N) is 3. The fraction of sp³-hybridized carbons (Fsp3) is 0.550. The van der Waals surface area contributed by atoms with Crippen LogP contribution < -0.4 is 16.0 Å². The number of hydrogen-bond donors (Lipinski definition) is 4. The van der Waals surface area contributed by atoms with E-state index in [1.807, 2.05) is 30.3 Å². The van der Waals surface area contributed by atoms with Gasteiger partial charge in [0.25, 0.3) is 0 Å². The third-order valence-electron chi connectivity index (χ3n) is 5.84. The van der Waals surface area contributed by atoms with Crippen LogP contribution in [0.15, 0.2) is 30.3 Å². The molecule has 2 heterocycles. The molecule has 9 nitrogen and oxygen atoms in total. The third kappa shape index (κ3) is 4.51. The topological polar surface area (TPSA) is 120 Å². The van der Waals surface area contributed by atoms with Gasteiger partial charge in [0, 0.05) is 38.6 Å². The van der Waals surface area contributed by atoms with Gasteiger partial charge in [-0.3, -0.25) is 9.59 Å². The first-order valence-electron chi connectivity index (χ1n) is 9.72. The lowest BCUT2D eigenvalue weighted by Gasteiger charge is -2.42. The molecule has 3 rings (SSSR count). The highest BCUT2D eigenvalue weighted by molar-refractivity contribution is 5.89. The molecule has 0 bridgehead atoms. The normalized spacial score (nSPS) is 21.9. The summed E-state index contributed by atoms with van der Waals surface area (Å²) in [6.07, 6.45) is -1.60. The molecule has 4 N–H and O–H groups in total. The molecule has 2 aliphatic rings. The Morgan fingerprint density at radius 1 is 1.31 bits per heavy atom. The molecular formula is C20H28N4O5. The molecule has 1 aromatic rings. The van der Waals surface area contributed by atoms with E-state index >= 15 is 0 Å². The second-order valence-electron chi connectivity index (χ2n) is 7.78. The van der Waals surface area contributed by atoms with E-state index in [4.69, 9.17) is 4.74 Å². The second kappa shape index (κ2) is 8.79. The van der Waals surface area contributed by atoms with Gasteiger partial charge in [-0.15, -0.1) is 0 Å². The Morgan fingerprint density at radius 2 is 2.00 bits per heavy atom. The van der Waals surface area contributed by atoms with Crippen molar-refractivity contribution < 1.29 is 24.2 Å². The lowest BCUT2D eigenvalue weighted by Crippen LogP contribution is -2.62. The van der Waals surface area contributed by atoms with Crippen molar-refractivity contribution >= 4 is 17.9 Å². The molecule has 9 heteroatoms. The van der Waals surface area contributed by atoms with Gasteiger partial charge in [0.2, 0.25) is 11.8 Å². The Labute approximate surface area is 169 Å². The lowest BCUT2D eigenvalue weighted by atomic mass is 9.72. The van der Waals surface area contributed by atoms with Gasteiger partial charge in [-0.2, -0.15) is 0 Å². The smallest absolute Gasteiger partial charge is 0.407 e. The minimum Gasteiger partial charge on any atom is -0.465 e. The number of carboxylic acid groups (broad SMARTS) is 1. The van der Waals surface area contributed by atoms with E-state index in [2.05, 4.69) is 16.0 Å². The molecule has 0 aliphatic carbocycles. The van der Waals surface area contributed by atoms with E-state index in [-0.39, 0.29) is 18.4 Å². The standard InChI is InChI=1S/C20H28N4O5/c1-13(29-9-14-6-4-3-5-7-14)16(18(26)21-2)23-17(25)15-8-24(19(27)28)12-20(15)10-22-11-20/h3-7,13,15-16,22H,8-12H2,1-2H3,(H,21,26)(H,23,25)(H,27,28)/t13-,15+,16+/m1/s1. The number of likely N-dealkylation sites (tertiary alicyclic amines) is 1.